The fourth-order valence-electron chi connectivity index (χ4n) is 4.49. The van der Waals surface area contributed by atoms with Crippen LogP contribution in [-0.4, -0.2) is 39.9 Å². The summed E-state index contributed by atoms with van der Waals surface area (Å²) in [5.74, 6) is -0.434. The number of amides is 3. The van der Waals surface area contributed by atoms with Crippen LogP contribution in [0, 0.1) is 6.92 Å². The maximum absolute atomic E-state index is 13.0. The number of imide groups is 1. The molecular weight excluding hydrogens is 543 g/mol. The molecule has 0 spiro atoms. The van der Waals surface area contributed by atoms with Crippen LogP contribution < -0.4 is 4.74 Å². The highest BCUT2D eigenvalue weighted by molar-refractivity contribution is 8.18. The number of nitrogens with zero attached hydrogens (tertiary/aromatic N) is 2. The summed E-state index contributed by atoms with van der Waals surface area (Å²) in [6.07, 6.45) is 2.30. The van der Waals surface area contributed by atoms with Crippen LogP contribution in [0.15, 0.2) is 65.6 Å². The Balaban J connectivity index is 1.25. The Morgan fingerprint density at radius 3 is 2.50 bits per heavy atom. The van der Waals surface area contributed by atoms with Gasteiger partial charge >= 0.3 is 0 Å². The zero-order valence-corrected chi connectivity index (χ0v) is 22.9. The third kappa shape index (κ3) is 5.75. The standard InChI is InChI=1S/C29H24Cl2N2O4S/c1-18-5-4-6-19(11-18)17-37-27-23(30)12-20(13-24(27)31)14-25-28(35)33(29(36)38-25)16-26(34)32-10-9-21-7-2-3-8-22(21)15-32/h2-8,11-14H,9-10,15-17H2,1H3/b25-14-. The first kappa shape index (κ1) is 26.4. The average Bonchev–Trinajstić information content (AvgIpc) is 3.15. The molecule has 2 heterocycles. The predicted molar refractivity (Wildman–Crippen MR) is 150 cm³/mol. The van der Waals surface area contributed by atoms with Gasteiger partial charge in [-0.15, -0.1) is 0 Å². The largest absolute Gasteiger partial charge is 0.486 e. The van der Waals surface area contributed by atoms with E-state index in [0.717, 1.165) is 39.8 Å². The van der Waals surface area contributed by atoms with Crippen molar-refractivity contribution in [3.8, 4) is 5.75 Å². The molecule has 1 saturated heterocycles. The molecule has 0 aliphatic carbocycles. The van der Waals surface area contributed by atoms with Crippen molar-refractivity contribution in [1.29, 1.82) is 0 Å². The minimum atomic E-state index is -0.516. The number of rotatable bonds is 6. The molecule has 9 heteroatoms. The van der Waals surface area contributed by atoms with Gasteiger partial charge in [-0.3, -0.25) is 19.3 Å². The molecule has 194 valence electrons. The molecule has 0 atom stereocenters. The van der Waals surface area contributed by atoms with E-state index < -0.39 is 11.1 Å². The van der Waals surface area contributed by atoms with E-state index in [4.69, 9.17) is 27.9 Å². The quantitative estimate of drug-likeness (QED) is 0.318. The molecule has 38 heavy (non-hydrogen) atoms. The van der Waals surface area contributed by atoms with Gasteiger partial charge in [-0.2, -0.15) is 0 Å². The lowest BCUT2D eigenvalue weighted by atomic mass is 10.00. The first-order valence-corrected chi connectivity index (χ1v) is 13.6. The van der Waals surface area contributed by atoms with Gasteiger partial charge in [0, 0.05) is 13.1 Å². The van der Waals surface area contributed by atoms with Gasteiger partial charge in [0.2, 0.25) is 5.91 Å². The number of halogens is 2. The Morgan fingerprint density at radius 2 is 1.76 bits per heavy atom. The van der Waals surface area contributed by atoms with Crippen molar-refractivity contribution in [1.82, 2.24) is 9.80 Å². The van der Waals surface area contributed by atoms with Gasteiger partial charge in [0.25, 0.3) is 11.1 Å². The van der Waals surface area contributed by atoms with Gasteiger partial charge in [0.15, 0.2) is 5.75 Å². The second kappa shape index (κ2) is 11.2. The van der Waals surface area contributed by atoms with Crippen molar-refractivity contribution in [3.05, 3.63) is 103 Å². The van der Waals surface area contributed by atoms with E-state index in [1.165, 1.54) is 5.56 Å². The number of fused-ring (bicyclic) bond motifs is 1. The molecule has 0 saturated carbocycles. The first-order valence-electron chi connectivity index (χ1n) is 12.1. The van der Waals surface area contributed by atoms with Crippen molar-refractivity contribution in [2.45, 2.75) is 26.5 Å². The maximum atomic E-state index is 13.0. The summed E-state index contributed by atoms with van der Waals surface area (Å²) in [4.78, 5) is 41.4. The summed E-state index contributed by atoms with van der Waals surface area (Å²) in [7, 11) is 0. The summed E-state index contributed by atoms with van der Waals surface area (Å²) in [6.45, 7) is 3.03. The maximum Gasteiger partial charge on any atom is 0.294 e. The van der Waals surface area contributed by atoms with E-state index in [1.807, 2.05) is 49.4 Å². The van der Waals surface area contributed by atoms with Gasteiger partial charge in [-0.1, -0.05) is 77.3 Å². The number of carbonyl (C=O) groups excluding carboxylic acids is 3. The van der Waals surface area contributed by atoms with Crippen LogP contribution in [0.3, 0.4) is 0 Å². The van der Waals surface area contributed by atoms with Crippen molar-refractivity contribution < 1.29 is 19.1 Å². The summed E-state index contributed by atoms with van der Waals surface area (Å²) in [5.41, 5.74) is 4.96. The first-order chi connectivity index (χ1) is 18.3. The summed E-state index contributed by atoms with van der Waals surface area (Å²) in [5, 5.41) is 0.0923. The van der Waals surface area contributed by atoms with Gasteiger partial charge in [-0.25, -0.2) is 0 Å². The molecule has 3 aromatic carbocycles. The monoisotopic (exact) mass is 566 g/mol. The topological polar surface area (TPSA) is 66.9 Å². The molecule has 1 fully saturated rings. The third-order valence-electron chi connectivity index (χ3n) is 6.43. The van der Waals surface area contributed by atoms with E-state index in [-0.39, 0.29) is 27.4 Å². The van der Waals surface area contributed by atoms with Crippen molar-refractivity contribution >= 4 is 58.1 Å². The number of ether oxygens (including phenoxy) is 1. The van der Waals surface area contributed by atoms with E-state index >= 15 is 0 Å². The molecule has 6 nitrogen and oxygen atoms in total. The molecule has 5 rings (SSSR count). The van der Waals surface area contributed by atoms with Crippen LogP contribution in [0.2, 0.25) is 10.0 Å². The van der Waals surface area contributed by atoms with Crippen molar-refractivity contribution in [2.24, 2.45) is 0 Å². The number of carbonyl (C=O) groups is 3. The minimum Gasteiger partial charge on any atom is -0.486 e. The number of hydrogen-bond donors (Lipinski definition) is 0. The van der Waals surface area contributed by atoms with Crippen LogP contribution in [0.5, 0.6) is 5.75 Å². The Hall–Kier alpha value is -3.26. The second-order valence-electron chi connectivity index (χ2n) is 9.19. The van der Waals surface area contributed by atoms with Crippen LogP contribution in [0.25, 0.3) is 6.08 Å². The fraction of sp³-hybridized carbons (Fsp3) is 0.207. The highest BCUT2D eigenvalue weighted by Gasteiger charge is 2.37. The lowest BCUT2D eigenvalue weighted by Gasteiger charge is -2.29. The molecule has 0 N–H and O–H groups in total. The molecule has 0 bridgehead atoms. The lowest BCUT2D eigenvalue weighted by Crippen LogP contribution is -2.44. The normalized spacial score (nSPS) is 16.2. The van der Waals surface area contributed by atoms with E-state index in [9.17, 15) is 14.4 Å². The molecule has 0 aromatic heterocycles. The minimum absolute atomic E-state index is 0.201. The molecule has 2 aliphatic rings. The summed E-state index contributed by atoms with van der Waals surface area (Å²) < 4.78 is 5.85. The zero-order valence-electron chi connectivity index (χ0n) is 20.6. The zero-order chi connectivity index (χ0) is 26.8. The van der Waals surface area contributed by atoms with Crippen LogP contribution >= 0.6 is 35.0 Å². The number of thioether (sulfide) groups is 1. The second-order valence-corrected chi connectivity index (χ2v) is 11.0. The van der Waals surface area contributed by atoms with Crippen LogP contribution in [0.1, 0.15) is 27.8 Å². The molecule has 2 aliphatic heterocycles. The summed E-state index contributed by atoms with van der Waals surface area (Å²) in [6, 6.07) is 19.1. The van der Waals surface area contributed by atoms with E-state index in [2.05, 4.69) is 6.07 Å². The smallest absolute Gasteiger partial charge is 0.294 e. The highest BCUT2D eigenvalue weighted by atomic mass is 35.5. The number of aryl methyl sites for hydroxylation is 1. The molecular formula is C29H24Cl2N2O4S. The molecule has 3 amide bonds. The Labute approximate surface area is 235 Å². The van der Waals surface area contributed by atoms with Gasteiger partial charge < -0.3 is 9.64 Å². The average molecular weight is 567 g/mol. The highest BCUT2D eigenvalue weighted by Crippen LogP contribution is 2.38. The molecule has 3 aromatic rings. The van der Waals surface area contributed by atoms with E-state index in [1.54, 1.807) is 23.1 Å². The van der Waals surface area contributed by atoms with Crippen LogP contribution in [-0.2, 0) is 29.2 Å². The number of hydrogen-bond acceptors (Lipinski definition) is 5. The Bertz CT molecular complexity index is 1450. The van der Waals surface area contributed by atoms with Crippen molar-refractivity contribution in [3.63, 3.8) is 0 Å². The van der Waals surface area contributed by atoms with Gasteiger partial charge in [-0.05, 0) is 65.6 Å². The Morgan fingerprint density at radius 1 is 1.03 bits per heavy atom. The Kier molecular flexibility index (Phi) is 7.79. The summed E-state index contributed by atoms with van der Waals surface area (Å²) >= 11 is 13.7. The molecule has 0 radical (unpaired) electrons. The third-order valence-corrected chi connectivity index (χ3v) is 7.90. The van der Waals surface area contributed by atoms with Crippen LogP contribution in [0.4, 0.5) is 4.79 Å². The predicted octanol–water partition coefficient (Wildman–Crippen LogP) is 6.50. The molecule has 0 unspecified atom stereocenters. The SMILES string of the molecule is Cc1cccc(COc2c(Cl)cc(/C=C3\SC(=O)N(CC(=O)N4CCc5ccccc5C4)C3=O)cc2Cl)c1. The number of benzene rings is 3. The van der Waals surface area contributed by atoms with Gasteiger partial charge in [0.1, 0.15) is 13.2 Å². The fourth-order valence-corrected chi connectivity index (χ4v) is 5.94. The lowest BCUT2D eigenvalue weighted by molar-refractivity contribution is -0.136. The van der Waals surface area contributed by atoms with E-state index in [0.29, 0.717) is 31.0 Å². The van der Waals surface area contributed by atoms with Gasteiger partial charge in [0.05, 0.1) is 15.0 Å². The van der Waals surface area contributed by atoms with Crippen molar-refractivity contribution in [2.75, 3.05) is 13.1 Å².